The van der Waals surface area contributed by atoms with Crippen LogP contribution >= 0.6 is 23.6 Å². The SMILES string of the molecule is Cc1csc(N2CCN(CC(N)=S)CC2)n1. The van der Waals surface area contributed by atoms with E-state index in [1.807, 2.05) is 6.92 Å². The van der Waals surface area contributed by atoms with Crippen molar-refractivity contribution in [1.29, 1.82) is 0 Å². The molecule has 88 valence electrons. The fourth-order valence-corrected chi connectivity index (χ4v) is 2.84. The van der Waals surface area contributed by atoms with Crippen LogP contribution in [0.25, 0.3) is 0 Å². The molecule has 0 aliphatic carbocycles. The van der Waals surface area contributed by atoms with Gasteiger partial charge in [0.25, 0.3) is 0 Å². The smallest absolute Gasteiger partial charge is 0.185 e. The van der Waals surface area contributed by atoms with Crippen LogP contribution in [0.1, 0.15) is 5.69 Å². The molecule has 0 amide bonds. The van der Waals surface area contributed by atoms with E-state index in [1.165, 1.54) is 0 Å². The van der Waals surface area contributed by atoms with Crippen molar-refractivity contribution in [2.24, 2.45) is 5.73 Å². The molecule has 2 N–H and O–H groups in total. The van der Waals surface area contributed by atoms with Crippen molar-refractivity contribution in [3.63, 3.8) is 0 Å². The van der Waals surface area contributed by atoms with Crippen LogP contribution in [0.15, 0.2) is 5.38 Å². The zero-order valence-corrected chi connectivity index (χ0v) is 11.0. The number of anilines is 1. The highest BCUT2D eigenvalue weighted by molar-refractivity contribution is 7.80. The number of hydrogen-bond donors (Lipinski definition) is 1. The molecule has 0 saturated carbocycles. The van der Waals surface area contributed by atoms with E-state index in [0.29, 0.717) is 4.99 Å². The lowest BCUT2D eigenvalue weighted by Crippen LogP contribution is -2.48. The summed E-state index contributed by atoms with van der Waals surface area (Å²) in [6.45, 7) is 6.81. The van der Waals surface area contributed by atoms with Crippen molar-refractivity contribution in [2.45, 2.75) is 6.92 Å². The van der Waals surface area contributed by atoms with Crippen LogP contribution in [0, 0.1) is 6.92 Å². The van der Waals surface area contributed by atoms with Gasteiger partial charge in [-0.15, -0.1) is 11.3 Å². The molecule has 4 nitrogen and oxygen atoms in total. The molecule has 2 rings (SSSR count). The summed E-state index contributed by atoms with van der Waals surface area (Å²) in [5.41, 5.74) is 6.64. The maximum atomic E-state index is 5.54. The molecule has 0 bridgehead atoms. The number of hydrogen-bond acceptors (Lipinski definition) is 5. The van der Waals surface area contributed by atoms with Gasteiger partial charge in [-0.3, -0.25) is 4.90 Å². The van der Waals surface area contributed by atoms with Crippen LogP contribution < -0.4 is 10.6 Å². The van der Waals surface area contributed by atoms with Crippen molar-refractivity contribution in [1.82, 2.24) is 9.88 Å². The Morgan fingerprint density at radius 1 is 1.50 bits per heavy atom. The summed E-state index contributed by atoms with van der Waals surface area (Å²) in [6.07, 6.45) is 0. The summed E-state index contributed by atoms with van der Waals surface area (Å²) in [7, 11) is 0. The molecule has 0 aromatic carbocycles. The first kappa shape index (κ1) is 11.8. The van der Waals surface area contributed by atoms with Gasteiger partial charge in [-0.2, -0.15) is 0 Å². The van der Waals surface area contributed by atoms with Crippen LogP contribution in [-0.2, 0) is 0 Å². The zero-order valence-electron chi connectivity index (χ0n) is 9.35. The molecule has 1 aliphatic rings. The normalized spacial score (nSPS) is 17.7. The monoisotopic (exact) mass is 256 g/mol. The maximum absolute atomic E-state index is 5.54. The average Bonchev–Trinajstić information content (AvgIpc) is 2.65. The molecule has 2 heterocycles. The number of rotatable bonds is 3. The molecule has 0 radical (unpaired) electrons. The Balaban J connectivity index is 1.87. The van der Waals surface area contributed by atoms with E-state index >= 15 is 0 Å². The minimum atomic E-state index is 0.582. The minimum absolute atomic E-state index is 0.582. The van der Waals surface area contributed by atoms with Crippen LogP contribution in [0.2, 0.25) is 0 Å². The van der Waals surface area contributed by atoms with Crippen molar-refractivity contribution in [3.8, 4) is 0 Å². The van der Waals surface area contributed by atoms with E-state index in [2.05, 4.69) is 20.2 Å². The van der Waals surface area contributed by atoms with Gasteiger partial charge in [0.05, 0.1) is 10.7 Å². The molecule has 0 unspecified atom stereocenters. The van der Waals surface area contributed by atoms with Crippen molar-refractivity contribution in [2.75, 3.05) is 37.6 Å². The van der Waals surface area contributed by atoms with Crippen LogP contribution in [-0.4, -0.2) is 47.6 Å². The molecule has 1 fully saturated rings. The summed E-state index contributed by atoms with van der Waals surface area (Å²) in [5.74, 6) is 0. The van der Waals surface area contributed by atoms with Crippen molar-refractivity contribution < 1.29 is 0 Å². The zero-order chi connectivity index (χ0) is 11.5. The summed E-state index contributed by atoms with van der Waals surface area (Å²) in [5, 5.41) is 3.23. The van der Waals surface area contributed by atoms with Gasteiger partial charge < -0.3 is 10.6 Å². The highest BCUT2D eigenvalue weighted by Crippen LogP contribution is 2.21. The molecule has 1 aromatic heterocycles. The van der Waals surface area contributed by atoms with Gasteiger partial charge >= 0.3 is 0 Å². The van der Waals surface area contributed by atoms with Gasteiger partial charge in [0.1, 0.15) is 0 Å². The first-order valence-electron chi connectivity index (χ1n) is 5.33. The molecule has 0 atom stereocenters. The van der Waals surface area contributed by atoms with E-state index in [0.717, 1.165) is 43.5 Å². The van der Waals surface area contributed by atoms with Gasteiger partial charge in [-0.05, 0) is 6.92 Å². The maximum Gasteiger partial charge on any atom is 0.185 e. The van der Waals surface area contributed by atoms with Gasteiger partial charge in [-0.1, -0.05) is 12.2 Å². The minimum Gasteiger partial charge on any atom is -0.392 e. The van der Waals surface area contributed by atoms with Gasteiger partial charge in [0.15, 0.2) is 5.13 Å². The highest BCUT2D eigenvalue weighted by atomic mass is 32.1. The third kappa shape index (κ3) is 2.90. The Bertz CT molecular complexity index is 369. The highest BCUT2D eigenvalue weighted by Gasteiger charge is 2.19. The first-order chi connectivity index (χ1) is 7.65. The number of thiazole rings is 1. The number of nitrogens with zero attached hydrogens (tertiary/aromatic N) is 3. The molecule has 1 aromatic rings. The van der Waals surface area contributed by atoms with Crippen molar-refractivity contribution in [3.05, 3.63) is 11.1 Å². The van der Waals surface area contributed by atoms with Crippen LogP contribution in [0.5, 0.6) is 0 Å². The molecular formula is C10H16N4S2. The number of piperazine rings is 1. The standard InChI is InChI=1S/C10H16N4S2/c1-8-7-16-10(12-8)14-4-2-13(3-5-14)6-9(11)15/h7H,2-6H2,1H3,(H2,11,15). The first-order valence-corrected chi connectivity index (χ1v) is 6.61. The lowest BCUT2D eigenvalue weighted by molar-refractivity contribution is 0.292. The fourth-order valence-electron chi connectivity index (χ4n) is 1.80. The third-order valence-corrected chi connectivity index (χ3v) is 3.78. The average molecular weight is 256 g/mol. The second-order valence-electron chi connectivity index (χ2n) is 4.00. The van der Waals surface area contributed by atoms with E-state index in [9.17, 15) is 0 Å². The predicted molar refractivity (Wildman–Crippen MR) is 72.3 cm³/mol. The lowest BCUT2D eigenvalue weighted by atomic mass is 10.3. The summed E-state index contributed by atoms with van der Waals surface area (Å²) >= 11 is 6.63. The number of nitrogens with two attached hydrogens (primary N) is 1. The van der Waals surface area contributed by atoms with Crippen LogP contribution in [0.4, 0.5) is 5.13 Å². The Hall–Kier alpha value is -0.720. The molecule has 6 heteroatoms. The lowest BCUT2D eigenvalue weighted by Gasteiger charge is -2.34. The topological polar surface area (TPSA) is 45.4 Å². The summed E-state index contributed by atoms with van der Waals surface area (Å²) < 4.78 is 0. The quantitative estimate of drug-likeness (QED) is 0.813. The number of aromatic nitrogens is 1. The summed E-state index contributed by atoms with van der Waals surface area (Å²) in [6, 6.07) is 0. The second kappa shape index (κ2) is 5.07. The van der Waals surface area contributed by atoms with E-state index in [4.69, 9.17) is 18.0 Å². The van der Waals surface area contributed by atoms with Gasteiger partial charge in [0, 0.05) is 38.1 Å². The van der Waals surface area contributed by atoms with E-state index < -0.39 is 0 Å². The summed E-state index contributed by atoms with van der Waals surface area (Å²) in [4.78, 5) is 9.70. The van der Waals surface area contributed by atoms with Crippen molar-refractivity contribution >= 4 is 33.7 Å². The second-order valence-corrected chi connectivity index (χ2v) is 5.36. The molecule has 1 saturated heterocycles. The Labute approximate surface area is 105 Å². The van der Waals surface area contributed by atoms with Gasteiger partial charge in [0.2, 0.25) is 0 Å². The van der Waals surface area contributed by atoms with E-state index in [1.54, 1.807) is 11.3 Å². The fraction of sp³-hybridized carbons (Fsp3) is 0.600. The predicted octanol–water partition coefficient (Wildman–Crippen LogP) is 0.860. The largest absolute Gasteiger partial charge is 0.392 e. The number of thiocarbonyl (C=S) groups is 1. The Morgan fingerprint density at radius 3 is 2.69 bits per heavy atom. The Kier molecular flexibility index (Phi) is 3.73. The molecular weight excluding hydrogens is 240 g/mol. The van der Waals surface area contributed by atoms with Crippen LogP contribution in [0.3, 0.4) is 0 Å². The van der Waals surface area contributed by atoms with E-state index in [-0.39, 0.29) is 0 Å². The third-order valence-electron chi connectivity index (χ3n) is 2.63. The number of aryl methyl sites for hydroxylation is 1. The van der Waals surface area contributed by atoms with Gasteiger partial charge in [-0.25, -0.2) is 4.98 Å². The molecule has 0 spiro atoms. The molecule has 1 aliphatic heterocycles. The Morgan fingerprint density at radius 2 is 2.19 bits per heavy atom. The molecule has 16 heavy (non-hydrogen) atoms.